The van der Waals surface area contributed by atoms with Crippen LogP contribution in [0.3, 0.4) is 0 Å². The molecule has 1 fully saturated rings. The number of benzene rings is 1. The second kappa shape index (κ2) is 12.7. The number of amides is 5. The van der Waals surface area contributed by atoms with Crippen molar-refractivity contribution < 1.29 is 34.2 Å². The van der Waals surface area contributed by atoms with E-state index in [0.29, 0.717) is 60.2 Å². The standard InChI is InChI=1S/C23H29N7O7S/c1-12(31)25-21-27-16(17(38-21)19(33)30-10-8-14(9-11-30)18(24)32)7-4-13-2-5-15(6-3-13)26-20(28-22(34)35)29-23(36)37/h2-3,5-6,14,20,26,28-29H,4,7-11H2,1H3,(H2,24,32)(H,34,35)(H,36,37)(H,25,27,31)/p-2. The maximum absolute atomic E-state index is 13.3. The highest BCUT2D eigenvalue weighted by Crippen LogP contribution is 2.28. The molecule has 1 aliphatic heterocycles. The molecule has 1 saturated heterocycles. The largest absolute Gasteiger partial charge is 0.530 e. The van der Waals surface area contributed by atoms with Crippen molar-refractivity contribution in [1.82, 2.24) is 20.5 Å². The minimum Gasteiger partial charge on any atom is -0.530 e. The Labute approximate surface area is 221 Å². The number of carboxylic acid groups (broad SMARTS) is 2. The van der Waals surface area contributed by atoms with Crippen LogP contribution in [0.15, 0.2) is 24.3 Å². The van der Waals surface area contributed by atoms with Gasteiger partial charge in [-0.1, -0.05) is 23.5 Å². The van der Waals surface area contributed by atoms with Crippen molar-refractivity contribution in [3.8, 4) is 0 Å². The van der Waals surface area contributed by atoms with Gasteiger partial charge in [-0.3, -0.25) is 14.4 Å². The van der Waals surface area contributed by atoms with Crippen molar-refractivity contribution in [2.24, 2.45) is 11.7 Å². The Morgan fingerprint density at radius 1 is 1.05 bits per heavy atom. The van der Waals surface area contributed by atoms with Crippen molar-refractivity contribution in [1.29, 1.82) is 0 Å². The highest BCUT2D eigenvalue weighted by molar-refractivity contribution is 7.17. The Kier molecular flexibility index (Phi) is 9.43. The molecule has 15 heteroatoms. The van der Waals surface area contributed by atoms with Crippen LogP contribution in [0, 0.1) is 5.92 Å². The summed E-state index contributed by atoms with van der Waals surface area (Å²) in [6.45, 7) is 2.14. The summed E-state index contributed by atoms with van der Waals surface area (Å²) in [6.07, 6.45) is -2.87. The number of carbonyl (C=O) groups excluding carboxylic acids is 5. The molecule has 0 aliphatic carbocycles. The average molecular weight is 546 g/mol. The maximum atomic E-state index is 13.3. The van der Waals surface area contributed by atoms with Crippen LogP contribution in [0.1, 0.15) is 40.7 Å². The van der Waals surface area contributed by atoms with E-state index >= 15 is 0 Å². The van der Waals surface area contributed by atoms with Crippen LogP contribution in [0.2, 0.25) is 0 Å². The summed E-state index contributed by atoms with van der Waals surface area (Å²) in [4.78, 5) is 64.3. The predicted molar refractivity (Wildman–Crippen MR) is 133 cm³/mol. The lowest BCUT2D eigenvalue weighted by Gasteiger charge is -2.30. The number of primary amides is 1. The Morgan fingerprint density at radius 2 is 1.66 bits per heavy atom. The third-order valence-corrected chi connectivity index (χ3v) is 6.80. The van der Waals surface area contributed by atoms with Gasteiger partial charge in [-0.2, -0.15) is 0 Å². The van der Waals surface area contributed by atoms with Gasteiger partial charge in [-0.25, -0.2) is 4.98 Å². The Hall–Kier alpha value is -4.40. The van der Waals surface area contributed by atoms with Gasteiger partial charge in [0.25, 0.3) is 5.91 Å². The van der Waals surface area contributed by atoms with E-state index in [1.807, 2.05) is 10.6 Å². The first-order valence-electron chi connectivity index (χ1n) is 11.7. The number of aromatic nitrogens is 1. The highest BCUT2D eigenvalue weighted by Gasteiger charge is 2.29. The third-order valence-electron chi connectivity index (χ3n) is 5.80. The molecule has 5 amide bonds. The second-order valence-electron chi connectivity index (χ2n) is 8.58. The summed E-state index contributed by atoms with van der Waals surface area (Å²) < 4.78 is 0. The van der Waals surface area contributed by atoms with E-state index in [1.54, 1.807) is 29.2 Å². The van der Waals surface area contributed by atoms with Gasteiger partial charge < -0.3 is 51.7 Å². The number of nitrogens with two attached hydrogens (primary N) is 1. The molecule has 14 nitrogen and oxygen atoms in total. The van der Waals surface area contributed by atoms with Gasteiger partial charge in [0, 0.05) is 31.6 Å². The van der Waals surface area contributed by atoms with E-state index in [2.05, 4.69) is 15.6 Å². The molecule has 3 rings (SSSR count). The number of nitrogens with one attached hydrogen (secondary N) is 4. The molecule has 0 bridgehead atoms. The number of anilines is 2. The molecule has 0 saturated carbocycles. The van der Waals surface area contributed by atoms with Gasteiger partial charge >= 0.3 is 0 Å². The number of rotatable bonds is 10. The third kappa shape index (κ3) is 8.06. The van der Waals surface area contributed by atoms with Crippen molar-refractivity contribution >= 4 is 52.1 Å². The average Bonchev–Trinajstić information content (AvgIpc) is 3.24. The summed E-state index contributed by atoms with van der Waals surface area (Å²) in [5.41, 5.74) is 7.19. The Bertz CT molecular complexity index is 1180. The van der Waals surface area contributed by atoms with Gasteiger partial charge in [-0.15, -0.1) is 0 Å². The fourth-order valence-corrected chi connectivity index (χ4v) is 4.97. The van der Waals surface area contributed by atoms with Crippen LogP contribution >= 0.6 is 11.3 Å². The fraction of sp³-hybridized carbons (Fsp3) is 0.391. The number of piperidine rings is 1. The van der Waals surface area contributed by atoms with Crippen LogP contribution in [0.4, 0.5) is 20.4 Å². The van der Waals surface area contributed by atoms with Gasteiger partial charge in [0.15, 0.2) is 11.4 Å². The monoisotopic (exact) mass is 545 g/mol. The maximum Gasteiger partial charge on any atom is 0.265 e. The molecule has 0 radical (unpaired) electrons. The second-order valence-corrected chi connectivity index (χ2v) is 9.58. The summed E-state index contributed by atoms with van der Waals surface area (Å²) in [5.74, 6) is -1.15. The molecule has 0 atom stereocenters. The van der Waals surface area contributed by atoms with Crippen LogP contribution < -0.4 is 37.2 Å². The molecule has 204 valence electrons. The van der Waals surface area contributed by atoms with Gasteiger partial charge in [0.1, 0.15) is 17.1 Å². The molecule has 2 aromatic rings. The minimum absolute atomic E-state index is 0.219. The van der Waals surface area contributed by atoms with Crippen LogP contribution in [0.25, 0.3) is 0 Å². The molecule has 0 unspecified atom stereocenters. The van der Waals surface area contributed by atoms with Crippen LogP contribution in [0.5, 0.6) is 0 Å². The van der Waals surface area contributed by atoms with E-state index in [9.17, 15) is 34.2 Å². The van der Waals surface area contributed by atoms with E-state index in [-0.39, 0.29) is 23.6 Å². The SMILES string of the molecule is CC(=O)Nc1nc(CCc2ccc(NC(NC(=O)[O-])NC(=O)[O-])cc2)c(C(=O)N2CCC(C(N)=O)CC2)s1. The number of nitrogens with zero attached hydrogens (tertiary/aromatic N) is 2. The zero-order chi connectivity index (χ0) is 27.8. The fourth-order valence-electron chi connectivity index (χ4n) is 3.94. The topological polar surface area (TPSA) is 222 Å². The highest BCUT2D eigenvalue weighted by atomic mass is 32.1. The molecule has 1 aliphatic rings. The number of aryl methyl sites for hydroxylation is 2. The van der Waals surface area contributed by atoms with Crippen molar-refractivity contribution in [3.63, 3.8) is 0 Å². The first-order chi connectivity index (χ1) is 18.0. The lowest BCUT2D eigenvalue weighted by molar-refractivity contribution is -0.255. The molecule has 6 N–H and O–H groups in total. The van der Waals surface area contributed by atoms with Crippen molar-refractivity contribution in [2.75, 3.05) is 23.7 Å². The van der Waals surface area contributed by atoms with Crippen LogP contribution in [-0.2, 0) is 22.4 Å². The van der Waals surface area contributed by atoms with E-state index in [1.165, 1.54) is 6.92 Å². The number of thiazole rings is 1. The normalized spacial score (nSPS) is 13.6. The summed E-state index contributed by atoms with van der Waals surface area (Å²) >= 11 is 1.09. The van der Waals surface area contributed by atoms with Crippen molar-refractivity contribution in [2.45, 2.75) is 38.9 Å². The van der Waals surface area contributed by atoms with Gasteiger partial charge in [0.05, 0.1) is 5.69 Å². The quantitative estimate of drug-likeness (QED) is 0.226. The van der Waals surface area contributed by atoms with E-state index < -0.39 is 18.5 Å². The zero-order valence-electron chi connectivity index (χ0n) is 20.4. The summed E-state index contributed by atoms with van der Waals surface area (Å²) in [7, 11) is 0. The first kappa shape index (κ1) is 28.2. The predicted octanol–water partition coefficient (Wildman–Crippen LogP) is -1.21. The van der Waals surface area contributed by atoms with E-state index in [4.69, 9.17) is 5.73 Å². The number of hydrogen-bond donors (Lipinski definition) is 5. The first-order valence-corrected chi connectivity index (χ1v) is 12.5. The molecule has 2 heterocycles. The molecule has 38 heavy (non-hydrogen) atoms. The molecular weight excluding hydrogens is 518 g/mol. The molecule has 1 aromatic heterocycles. The van der Waals surface area contributed by atoms with Crippen molar-refractivity contribution in [3.05, 3.63) is 40.4 Å². The summed E-state index contributed by atoms with van der Waals surface area (Å²) in [5, 5.41) is 30.8. The van der Waals surface area contributed by atoms with E-state index in [0.717, 1.165) is 16.9 Å². The Morgan fingerprint density at radius 3 is 2.18 bits per heavy atom. The number of carbonyl (C=O) groups is 5. The lowest BCUT2D eigenvalue weighted by atomic mass is 9.96. The molecule has 1 aromatic carbocycles. The zero-order valence-corrected chi connectivity index (χ0v) is 21.3. The van der Waals surface area contributed by atoms with Crippen LogP contribution in [-0.4, -0.2) is 59.2 Å². The molecule has 0 spiro atoms. The van der Waals surface area contributed by atoms with Gasteiger partial charge in [-0.05, 0) is 43.4 Å². The summed E-state index contributed by atoms with van der Waals surface area (Å²) in [6, 6.07) is 6.73. The Balaban J connectivity index is 1.68. The minimum atomic E-state index is -1.68. The number of hydrogen-bond acceptors (Lipinski definition) is 10. The molecular formula is C23H27N7O7S-2. The smallest absolute Gasteiger partial charge is 0.265 e. The lowest BCUT2D eigenvalue weighted by Crippen LogP contribution is -2.58. The van der Waals surface area contributed by atoms with Gasteiger partial charge in [0.2, 0.25) is 11.8 Å². The number of likely N-dealkylation sites (tertiary alicyclic amines) is 1.